The SMILES string of the molecule is CCOC(=O)C(CC1=[C]([Sn]([CH3])([CH3])[CH3])CCCC1)(CC1=[C]([Sn]([CH3])([CH3])[CH3])CCCC1)C(=O)OCC. The van der Waals surface area contributed by atoms with Gasteiger partial charge in [-0.15, -0.1) is 0 Å². The number of allylic oxidation sites excluding steroid dienone is 4. The molecule has 0 radical (unpaired) electrons. The summed E-state index contributed by atoms with van der Waals surface area (Å²) in [6.07, 6.45) is 10.0. The number of ether oxygens (including phenoxy) is 2. The van der Waals surface area contributed by atoms with Crippen LogP contribution in [0.2, 0.25) is 29.6 Å². The van der Waals surface area contributed by atoms with Crippen LogP contribution in [-0.2, 0) is 19.1 Å². The first-order chi connectivity index (χ1) is 15.4. The third kappa shape index (κ3) is 7.50. The van der Waals surface area contributed by atoms with E-state index < -0.39 is 42.2 Å². The van der Waals surface area contributed by atoms with E-state index in [0.29, 0.717) is 12.8 Å². The van der Waals surface area contributed by atoms with Gasteiger partial charge in [0.15, 0.2) is 0 Å². The number of hydrogen-bond donors (Lipinski definition) is 0. The normalized spacial score (nSPS) is 18.4. The van der Waals surface area contributed by atoms with Gasteiger partial charge in [0.25, 0.3) is 0 Å². The summed E-state index contributed by atoms with van der Waals surface area (Å²) < 4.78 is 14.6. The predicted octanol–water partition coefficient (Wildman–Crippen LogP) is 7.38. The summed E-state index contributed by atoms with van der Waals surface area (Å²) in [5, 5.41) is 0. The van der Waals surface area contributed by atoms with E-state index in [4.69, 9.17) is 9.47 Å². The Labute approximate surface area is 211 Å². The standard InChI is InChI=1S/C21H30O4.6CH3.2Sn/c1-3-24-19(22)21(20(23)25-4-2,15-17-11-7-5-8-12-17)16-18-13-9-6-10-14-18;;;;;;;;/h3-11,13,15-16H2,1-2H3;6*1H3;;. The first kappa shape index (κ1) is 29.2. The summed E-state index contributed by atoms with van der Waals surface area (Å²) in [4.78, 5) is 42.2. The number of carbonyl (C=O) groups is 2. The Morgan fingerprint density at radius 3 is 1.30 bits per heavy atom. The minimum absolute atomic E-state index is 0.287. The first-order valence-corrected chi connectivity index (χ1v) is 33.1. The molecule has 0 saturated heterocycles. The second-order valence-corrected chi connectivity index (χ2v) is 41.1. The monoisotopic (exact) mass is 676 g/mol. The van der Waals surface area contributed by atoms with Crippen molar-refractivity contribution in [2.45, 2.75) is 108 Å². The van der Waals surface area contributed by atoms with Crippen molar-refractivity contribution in [3.05, 3.63) is 18.3 Å². The van der Waals surface area contributed by atoms with Gasteiger partial charge in [-0.05, 0) is 0 Å². The average Bonchev–Trinajstić information content (AvgIpc) is 2.72. The van der Waals surface area contributed by atoms with Gasteiger partial charge < -0.3 is 0 Å². The Bertz CT molecular complexity index is 715. The number of rotatable bonds is 10. The molecule has 2 aliphatic carbocycles. The zero-order chi connectivity index (χ0) is 24.9. The maximum atomic E-state index is 13.7. The molecular formula is C27H48O4Sn2. The molecule has 0 amide bonds. The van der Waals surface area contributed by atoms with E-state index in [9.17, 15) is 9.59 Å². The summed E-state index contributed by atoms with van der Waals surface area (Å²) in [5.41, 5.74) is 1.52. The molecule has 6 heteroatoms. The first-order valence-electron chi connectivity index (χ1n) is 13.1. The number of carbonyl (C=O) groups excluding carboxylic acids is 2. The van der Waals surface area contributed by atoms with Gasteiger partial charge in [0.05, 0.1) is 0 Å². The van der Waals surface area contributed by atoms with E-state index in [-0.39, 0.29) is 25.2 Å². The van der Waals surface area contributed by atoms with Gasteiger partial charge in [-0.1, -0.05) is 0 Å². The third-order valence-corrected chi connectivity index (χ3v) is 21.1. The van der Waals surface area contributed by atoms with Crippen molar-refractivity contribution >= 4 is 48.7 Å². The molecule has 0 aromatic heterocycles. The van der Waals surface area contributed by atoms with Gasteiger partial charge in [-0.2, -0.15) is 0 Å². The van der Waals surface area contributed by atoms with Crippen molar-refractivity contribution < 1.29 is 19.1 Å². The molecule has 0 fully saturated rings. The molecule has 0 bridgehead atoms. The van der Waals surface area contributed by atoms with Crippen LogP contribution in [0.5, 0.6) is 0 Å². The van der Waals surface area contributed by atoms with Gasteiger partial charge in [-0.25, -0.2) is 0 Å². The van der Waals surface area contributed by atoms with Gasteiger partial charge >= 0.3 is 212 Å². The summed E-state index contributed by atoms with van der Waals surface area (Å²) in [7, 11) is 0. The molecule has 0 heterocycles. The van der Waals surface area contributed by atoms with Gasteiger partial charge in [0.1, 0.15) is 0 Å². The van der Waals surface area contributed by atoms with Crippen LogP contribution < -0.4 is 0 Å². The minimum atomic E-state index is -2.36. The summed E-state index contributed by atoms with van der Waals surface area (Å²) >= 11 is -4.71. The van der Waals surface area contributed by atoms with Crippen LogP contribution in [0.3, 0.4) is 0 Å². The number of esters is 2. The molecule has 0 aromatic rings. The van der Waals surface area contributed by atoms with Crippen molar-refractivity contribution in [3.8, 4) is 0 Å². The molecular weight excluding hydrogens is 626 g/mol. The van der Waals surface area contributed by atoms with E-state index in [1.807, 2.05) is 13.8 Å². The molecule has 33 heavy (non-hydrogen) atoms. The van der Waals surface area contributed by atoms with E-state index in [2.05, 4.69) is 29.6 Å². The van der Waals surface area contributed by atoms with Crippen molar-refractivity contribution in [1.29, 1.82) is 0 Å². The Morgan fingerprint density at radius 1 is 0.667 bits per heavy atom. The zero-order valence-corrected chi connectivity index (χ0v) is 28.3. The van der Waals surface area contributed by atoms with Crippen molar-refractivity contribution in [2.24, 2.45) is 5.41 Å². The summed E-state index contributed by atoms with van der Waals surface area (Å²) in [5.74, 6) is -0.738. The molecule has 0 spiro atoms. The third-order valence-electron chi connectivity index (χ3n) is 7.34. The molecule has 2 aliphatic rings. The van der Waals surface area contributed by atoms with Crippen LogP contribution >= 0.6 is 0 Å². The Kier molecular flexibility index (Phi) is 10.9. The van der Waals surface area contributed by atoms with Crippen LogP contribution in [0.15, 0.2) is 18.3 Å². The molecule has 0 aliphatic heterocycles. The van der Waals surface area contributed by atoms with Gasteiger partial charge in [0.2, 0.25) is 0 Å². The molecule has 0 saturated carbocycles. The summed E-state index contributed by atoms with van der Waals surface area (Å²) in [6.45, 7) is 4.24. The summed E-state index contributed by atoms with van der Waals surface area (Å²) in [6, 6.07) is 0. The van der Waals surface area contributed by atoms with E-state index in [0.717, 1.165) is 38.5 Å². The van der Waals surface area contributed by atoms with Gasteiger partial charge in [-0.3, -0.25) is 0 Å². The van der Waals surface area contributed by atoms with E-state index >= 15 is 0 Å². The van der Waals surface area contributed by atoms with Gasteiger partial charge in [0, 0.05) is 0 Å². The molecule has 0 N–H and O–H groups in total. The molecule has 0 aromatic carbocycles. The second kappa shape index (κ2) is 12.3. The topological polar surface area (TPSA) is 52.6 Å². The molecule has 0 unspecified atom stereocenters. The van der Waals surface area contributed by atoms with Crippen LogP contribution in [0.1, 0.15) is 78.1 Å². The average molecular weight is 674 g/mol. The van der Waals surface area contributed by atoms with Crippen LogP contribution in [-0.4, -0.2) is 61.9 Å². The Hall–Kier alpha value is 0.0174. The van der Waals surface area contributed by atoms with Crippen LogP contribution in [0.4, 0.5) is 0 Å². The van der Waals surface area contributed by atoms with Crippen molar-refractivity contribution in [1.82, 2.24) is 0 Å². The number of hydrogen-bond acceptors (Lipinski definition) is 4. The van der Waals surface area contributed by atoms with Crippen molar-refractivity contribution in [3.63, 3.8) is 0 Å². The van der Waals surface area contributed by atoms with E-state index in [1.165, 1.54) is 24.0 Å². The fourth-order valence-electron chi connectivity index (χ4n) is 5.84. The maximum absolute atomic E-state index is 13.7. The van der Waals surface area contributed by atoms with E-state index in [1.54, 1.807) is 7.18 Å². The fourth-order valence-corrected chi connectivity index (χ4v) is 18.4. The Morgan fingerprint density at radius 2 is 1.00 bits per heavy atom. The Balaban J connectivity index is 2.68. The second-order valence-electron chi connectivity index (χ2n) is 12.0. The predicted molar refractivity (Wildman–Crippen MR) is 143 cm³/mol. The van der Waals surface area contributed by atoms with Crippen molar-refractivity contribution in [2.75, 3.05) is 13.2 Å². The molecule has 0 atom stereocenters. The molecule has 2 rings (SSSR count). The fraction of sp³-hybridized carbons (Fsp3) is 0.778. The zero-order valence-electron chi connectivity index (χ0n) is 22.6. The quantitative estimate of drug-likeness (QED) is 0.138. The molecule has 4 nitrogen and oxygen atoms in total. The van der Waals surface area contributed by atoms with Crippen LogP contribution in [0, 0.1) is 5.41 Å². The molecule has 188 valence electrons. The van der Waals surface area contributed by atoms with Crippen LogP contribution in [0.25, 0.3) is 0 Å².